The van der Waals surface area contributed by atoms with Crippen LogP contribution in [0.15, 0.2) is 107 Å². The van der Waals surface area contributed by atoms with Crippen LogP contribution < -0.4 is 9.47 Å². The lowest BCUT2D eigenvalue weighted by atomic mass is 10.2. The van der Waals surface area contributed by atoms with Crippen LogP contribution in [0.2, 0.25) is 10.0 Å². The molecule has 0 radical (unpaired) electrons. The summed E-state index contributed by atoms with van der Waals surface area (Å²) in [6.07, 6.45) is 10.7. The molecule has 220 valence electrons. The standard InChI is InChI=1S/2C18H20ClNO/c2*1-2-3-4-13-21-18-11-5-15(6-12-18)14-20-17-9-7-16(19)8-10-17/h2*5-12,14H,2-4,13H2,1H3. The third-order valence-electron chi connectivity index (χ3n) is 6.17. The molecule has 0 bridgehead atoms. The van der Waals surface area contributed by atoms with E-state index in [4.69, 9.17) is 32.7 Å². The van der Waals surface area contributed by atoms with Gasteiger partial charge in [0.25, 0.3) is 0 Å². The third-order valence-corrected chi connectivity index (χ3v) is 6.68. The Hall–Kier alpha value is -3.60. The molecule has 6 heteroatoms. The van der Waals surface area contributed by atoms with Crippen molar-refractivity contribution in [1.29, 1.82) is 0 Å². The summed E-state index contributed by atoms with van der Waals surface area (Å²) in [5.74, 6) is 1.82. The molecular weight excluding hydrogens is 563 g/mol. The fraction of sp³-hybridized carbons (Fsp3) is 0.278. The molecule has 0 aliphatic carbocycles. The average molecular weight is 604 g/mol. The van der Waals surface area contributed by atoms with Gasteiger partial charge in [0, 0.05) is 22.5 Å². The molecule has 0 fully saturated rings. The molecule has 4 aromatic rings. The summed E-state index contributed by atoms with van der Waals surface area (Å²) in [5, 5.41) is 1.44. The molecule has 0 aliphatic rings. The van der Waals surface area contributed by atoms with E-state index < -0.39 is 0 Å². The lowest BCUT2D eigenvalue weighted by Crippen LogP contribution is -1.96. The van der Waals surface area contributed by atoms with Crippen LogP contribution in [0.4, 0.5) is 11.4 Å². The second-order valence-electron chi connectivity index (χ2n) is 9.72. The summed E-state index contributed by atoms with van der Waals surface area (Å²) < 4.78 is 11.4. The van der Waals surface area contributed by atoms with E-state index in [1.807, 2.05) is 109 Å². The summed E-state index contributed by atoms with van der Waals surface area (Å²) in [6, 6.07) is 30.9. The maximum Gasteiger partial charge on any atom is 0.119 e. The highest BCUT2D eigenvalue weighted by Gasteiger charge is 1.96. The van der Waals surface area contributed by atoms with Crippen LogP contribution in [-0.2, 0) is 0 Å². The lowest BCUT2D eigenvalue weighted by Gasteiger charge is -2.05. The van der Waals surface area contributed by atoms with Gasteiger partial charge < -0.3 is 9.47 Å². The van der Waals surface area contributed by atoms with Gasteiger partial charge in [0.2, 0.25) is 0 Å². The van der Waals surface area contributed by atoms with Crippen molar-refractivity contribution in [3.05, 3.63) is 118 Å². The molecule has 4 nitrogen and oxygen atoms in total. The second-order valence-corrected chi connectivity index (χ2v) is 10.6. The quantitative estimate of drug-likeness (QED) is 0.106. The Bertz CT molecular complexity index is 1230. The van der Waals surface area contributed by atoms with Gasteiger partial charge in [-0.25, -0.2) is 0 Å². The van der Waals surface area contributed by atoms with E-state index in [0.29, 0.717) is 0 Å². The molecule has 4 rings (SSSR count). The summed E-state index contributed by atoms with van der Waals surface area (Å²) in [7, 11) is 0. The van der Waals surface area contributed by atoms with E-state index in [2.05, 4.69) is 23.8 Å². The predicted octanol–water partition coefficient (Wildman–Crippen LogP) is 11.3. The van der Waals surface area contributed by atoms with Crippen molar-refractivity contribution >= 4 is 47.0 Å². The SMILES string of the molecule is CCCCCOc1ccc(C=Nc2ccc(Cl)cc2)cc1.CCCCCOc1ccc(C=Nc2ccc(Cl)cc2)cc1. The van der Waals surface area contributed by atoms with Crippen molar-refractivity contribution in [2.75, 3.05) is 13.2 Å². The first-order valence-electron chi connectivity index (χ1n) is 14.6. The summed E-state index contributed by atoms with van der Waals surface area (Å²) in [5.41, 5.74) is 3.87. The molecule has 0 spiro atoms. The van der Waals surface area contributed by atoms with Crippen molar-refractivity contribution in [2.24, 2.45) is 9.98 Å². The smallest absolute Gasteiger partial charge is 0.119 e. The molecule has 0 atom stereocenters. The van der Waals surface area contributed by atoms with E-state index in [9.17, 15) is 0 Å². The van der Waals surface area contributed by atoms with Crippen LogP contribution in [0.5, 0.6) is 11.5 Å². The zero-order valence-electron chi connectivity index (χ0n) is 24.5. The van der Waals surface area contributed by atoms with Gasteiger partial charge in [-0.2, -0.15) is 0 Å². The first-order chi connectivity index (χ1) is 20.6. The van der Waals surface area contributed by atoms with Gasteiger partial charge in [-0.15, -0.1) is 0 Å². The molecule has 0 aromatic heterocycles. The van der Waals surface area contributed by atoms with Gasteiger partial charge in [-0.3, -0.25) is 9.98 Å². The van der Waals surface area contributed by atoms with Gasteiger partial charge in [-0.05, 0) is 121 Å². The maximum atomic E-state index is 5.84. The predicted molar refractivity (Wildman–Crippen MR) is 180 cm³/mol. The Kier molecular flexibility index (Phi) is 15.3. The van der Waals surface area contributed by atoms with Crippen LogP contribution in [0.25, 0.3) is 0 Å². The molecule has 0 amide bonds. The molecule has 42 heavy (non-hydrogen) atoms. The Balaban J connectivity index is 0.000000230. The average Bonchev–Trinajstić information content (AvgIpc) is 3.02. The van der Waals surface area contributed by atoms with Crippen molar-refractivity contribution in [2.45, 2.75) is 52.4 Å². The van der Waals surface area contributed by atoms with Crippen LogP contribution in [-0.4, -0.2) is 25.6 Å². The number of nitrogens with zero attached hydrogens (tertiary/aromatic N) is 2. The molecule has 0 unspecified atom stereocenters. The van der Waals surface area contributed by atoms with E-state index in [1.165, 1.54) is 25.7 Å². The third kappa shape index (κ3) is 13.4. The van der Waals surface area contributed by atoms with Crippen molar-refractivity contribution < 1.29 is 9.47 Å². The number of rotatable bonds is 14. The number of halogens is 2. The largest absolute Gasteiger partial charge is 0.494 e. The van der Waals surface area contributed by atoms with Crippen molar-refractivity contribution in [1.82, 2.24) is 0 Å². The first kappa shape index (κ1) is 32.9. The molecule has 0 saturated heterocycles. The number of benzene rings is 4. The molecule has 0 aliphatic heterocycles. The molecule has 4 aromatic carbocycles. The summed E-state index contributed by atoms with van der Waals surface area (Å²) in [4.78, 5) is 8.82. The highest BCUT2D eigenvalue weighted by molar-refractivity contribution is 6.30. The number of hydrogen-bond acceptors (Lipinski definition) is 4. The minimum absolute atomic E-state index is 0.721. The molecule has 0 heterocycles. The van der Waals surface area contributed by atoms with Crippen LogP contribution in [0.1, 0.15) is 63.5 Å². The fourth-order valence-electron chi connectivity index (χ4n) is 3.74. The minimum Gasteiger partial charge on any atom is -0.494 e. The second kappa shape index (κ2) is 19.5. The molecule has 0 saturated carbocycles. The zero-order valence-corrected chi connectivity index (χ0v) is 26.0. The van der Waals surface area contributed by atoms with E-state index in [-0.39, 0.29) is 0 Å². The van der Waals surface area contributed by atoms with Gasteiger partial charge in [0.1, 0.15) is 11.5 Å². The summed E-state index contributed by atoms with van der Waals surface area (Å²) >= 11 is 11.7. The number of unbranched alkanes of at least 4 members (excludes halogenated alkanes) is 4. The maximum absolute atomic E-state index is 5.84. The number of aliphatic imine (C=N–C) groups is 2. The van der Waals surface area contributed by atoms with Crippen molar-refractivity contribution in [3.8, 4) is 11.5 Å². The minimum atomic E-state index is 0.721. The van der Waals surface area contributed by atoms with Crippen molar-refractivity contribution in [3.63, 3.8) is 0 Å². The molecule has 0 N–H and O–H groups in total. The Morgan fingerprint density at radius 2 is 0.857 bits per heavy atom. The van der Waals surface area contributed by atoms with Gasteiger partial charge in [0.15, 0.2) is 0 Å². The first-order valence-corrected chi connectivity index (χ1v) is 15.4. The summed E-state index contributed by atoms with van der Waals surface area (Å²) in [6.45, 7) is 5.95. The van der Waals surface area contributed by atoms with E-state index in [0.717, 1.165) is 70.1 Å². The highest BCUT2D eigenvalue weighted by atomic mass is 35.5. The van der Waals surface area contributed by atoms with E-state index >= 15 is 0 Å². The lowest BCUT2D eigenvalue weighted by molar-refractivity contribution is 0.306. The highest BCUT2D eigenvalue weighted by Crippen LogP contribution is 2.18. The van der Waals surface area contributed by atoms with Crippen LogP contribution >= 0.6 is 23.2 Å². The Labute approximate surface area is 261 Å². The van der Waals surface area contributed by atoms with Gasteiger partial charge in [-0.1, -0.05) is 62.7 Å². The molecular formula is C36H40Cl2N2O2. The fourth-order valence-corrected chi connectivity index (χ4v) is 3.99. The van der Waals surface area contributed by atoms with Crippen LogP contribution in [0.3, 0.4) is 0 Å². The number of hydrogen-bond donors (Lipinski definition) is 0. The van der Waals surface area contributed by atoms with E-state index in [1.54, 1.807) is 0 Å². The normalized spacial score (nSPS) is 11.0. The van der Waals surface area contributed by atoms with Crippen LogP contribution in [0, 0.1) is 0 Å². The number of ether oxygens (including phenoxy) is 2. The topological polar surface area (TPSA) is 43.2 Å². The van der Waals surface area contributed by atoms with Gasteiger partial charge in [0.05, 0.1) is 24.6 Å². The zero-order chi connectivity index (χ0) is 29.8. The Morgan fingerprint density at radius 3 is 1.19 bits per heavy atom. The van der Waals surface area contributed by atoms with Gasteiger partial charge >= 0.3 is 0 Å². The Morgan fingerprint density at radius 1 is 0.500 bits per heavy atom. The monoisotopic (exact) mass is 602 g/mol.